The van der Waals surface area contributed by atoms with E-state index in [9.17, 15) is 8.42 Å². The summed E-state index contributed by atoms with van der Waals surface area (Å²) in [6, 6.07) is 6.33. The quantitative estimate of drug-likeness (QED) is 0.897. The maximum atomic E-state index is 11.1. The molecule has 0 spiro atoms. The summed E-state index contributed by atoms with van der Waals surface area (Å²) in [7, 11) is -0.922. The highest BCUT2D eigenvalue weighted by molar-refractivity contribution is 7.90. The molecule has 1 heterocycles. The standard InChI is InChI=1S/C13H20N2O2S.ClH/c1-15(8-9-18(2,16)17)10-12-5-3-4-11-6-7-14-13(11)12;/h3-5,14H,6-10H2,1-2H3;1H. The highest BCUT2D eigenvalue weighted by atomic mass is 35.5. The van der Waals surface area contributed by atoms with Crippen LogP contribution in [0, 0.1) is 0 Å². The predicted octanol–water partition coefficient (Wildman–Crippen LogP) is 1.55. The van der Waals surface area contributed by atoms with E-state index in [1.54, 1.807) is 0 Å². The van der Waals surface area contributed by atoms with Crippen molar-refractivity contribution in [3.63, 3.8) is 0 Å². The average molecular weight is 305 g/mol. The number of hydrogen-bond donors (Lipinski definition) is 1. The van der Waals surface area contributed by atoms with Gasteiger partial charge in [-0.3, -0.25) is 0 Å². The Hall–Kier alpha value is -0.780. The van der Waals surface area contributed by atoms with E-state index in [0.717, 1.165) is 19.5 Å². The number of nitrogens with one attached hydrogen (secondary N) is 1. The molecule has 0 radical (unpaired) electrons. The second kappa shape index (κ2) is 6.59. The number of hydrogen-bond acceptors (Lipinski definition) is 4. The van der Waals surface area contributed by atoms with Crippen molar-refractivity contribution in [1.29, 1.82) is 0 Å². The summed E-state index contributed by atoms with van der Waals surface area (Å²) < 4.78 is 22.3. The fraction of sp³-hybridized carbons (Fsp3) is 0.538. The molecule has 108 valence electrons. The van der Waals surface area contributed by atoms with Crippen LogP contribution in [0.5, 0.6) is 0 Å². The molecule has 19 heavy (non-hydrogen) atoms. The zero-order valence-corrected chi connectivity index (χ0v) is 13.0. The third-order valence-corrected chi connectivity index (χ3v) is 4.14. The lowest BCUT2D eigenvalue weighted by Crippen LogP contribution is -2.25. The van der Waals surface area contributed by atoms with Crippen molar-refractivity contribution in [2.75, 3.05) is 37.5 Å². The molecule has 0 saturated carbocycles. The van der Waals surface area contributed by atoms with Gasteiger partial charge in [-0.15, -0.1) is 12.4 Å². The first-order chi connectivity index (χ1) is 8.46. The molecule has 0 unspecified atom stereocenters. The second-order valence-corrected chi connectivity index (χ2v) is 7.26. The Morgan fingerprint density at radius 1 is 1.37 bits per heavy atom. The van der Waals surface area contributed by atoms with Crippen LogP contribution in [0.15, 0.2) is 18.2 Å². The fourth-order valence-electron chi connectivity index (χ4n) is 2.23. The molecule has 2 rings (SSSR count). The van der Waals surface area contributed by atoms with Crippen molar-refractivity contribution < 1.29 is 8.42 Å². The third-order valence-electron chi connectivity index (χ3n) is 3.22. The number of anilines is 1. The van der Waals surface area contributed by atoms with Gasteiger partial charge in [0.25, 0.3) is 0 Å². The molecule has 0 fully saturated rings. The molecule has 1 aliphatic heterocycles. The SMILES string of the molecule is CN(CCS(C)(=O)=O)Cc1cccc2c1NCC2.Cl. The van der Waals surface area contributed by atoms with Crippen molar-refractivity contribution in [1.82, 2.24) is 4.90 Å². The van der Waals surface area contributed by atoms with Gasteiger partial charge >= 0.3 is 0 Å². The van der Waals surface area contributed by atoms with Crippen LogP contribution in [-0.2, 0) is 22.8 Å². The lowest BCUT2D eigenvalue weighted by atomic mass is 10.1. The van der Waals surface area contributed by atoms with Crippen LogP contribution in [0.4, 0.5) is 5.69 Å². The highest BCUT2D eigenvalue weighted by Gasteiger charge is 2.15. The van der Waals surface area contributed by atoms with E-state index < -0.39 is 9.84 Å². The normalized spacial score (nSPS) is 13.8. The molecule has 6 heteroatoms. The Kier molecular flexibility index (Phi) is 5.64. The minimum absolute atomic E-state index is 0. The summed E-state index contributed by atoms with van der Waals surface area (Å²) in [5, 5.41) is 3.40. The summed E-state index contributed by atoms with van der Waals surface area (Å²) in [5.74, 6) is 0.214. The van der Waals surface area contributed by atoms with Gasteiger partial charge in [-0.1, -0.05) is 18.2 Å². The van der Waals surface area contributed by atoms with Crippen molar-refractivity contribution in [3.05, 3.63) is 29.3 Å². The maximum absolute atomic E-state index is 11.1. The van der Waals surface area contributed by atoms with Crippen LogP contribution in [0.25, 0.3) is 0 Å². The van der Waals surface area contributed by atoms with Gasteiger partial charge in [-0.25, -0.2) is 8.42 Å². The number of sulfone groups is 1. The smallest absolute Gasteiger partial charge is 0.148 e. The number of nitrogens with zero attached hydrogens (tertiary/aromatic N) is 1. The first-order valence-electron chi connectivity index (χ1n) is 6.16. The van der Waals surface area contributed by atoms with Crippen molar-refractivity contribution in [3.8, 4) is 0 Å². The molecule has 0 atom stereocenters. The Morgan fingerprint density at radius 2 is 2.11 bits per heavy atom. The molecule has 1 N–H and O–H groups in total. The first kappa shape index (κ1) is 16.3. The van der Waals surface area contributed by atoms with Gasteiger partial charge in [0.2, 0.25) is 0 Å². The van der Waals surface area contributed by atoms with Gasteiger partial charge in [-0.2, -0.15) is 0 Å². The molecule has 4 nitrogen and oxygen atoms in total. The van der Waals surface area contributed by atoms with E-state index >= 15 is 0 Å². The Morgan fingerprint density at radius 3 is 2.79 bits per heavy atom. The van der Waals surface area contributed by atoms with Crippen LogP contribution in [-0.4, -0.2) is 45.5 Å². The Bertz CT molecular complexity index is 531. The summed E-state index contributed by atoms with van der Waals surface area (Å²) in [4.78, 5) is 2.05. The van der Waals surface area contributed by atoms with E-state index in [1.165, 1.54) is 23.1 Å². The molecular weight excluding hydrogens is 284 g/mol. The van der Waals surface area contributed by atoms with Crippen LogP contribution in [0.2, 0.25) is 0 Å². The summed E-state index contributed by atoms with van der Waals surface area (Å²) in [6.45, 7) is 2.35. The number of halogens is 1. The molecular formula is C13H21ClN2O2S. The van der Waals surface area contributed by atoms with E-state index in [-0.39, 0.29) is 18.2 Å². The van der Waals surface area contributed by atoms with Crippen LogP contribution < -0.4 is 5.32 Å². The van der Waals surface area contributed by atoms with Gasteiger partial charge in [0.15, 0.2) is 0 Å². The summed E-state index contributed by atoms with van der Waals surface area (Å²) in [6.07, 6.45) is 2.36. The lowest BCUT2D eigenvalue weighted by Gasteiger charge is -2.18. The summed E-state index contributed by atoms with van der Waals surface area (Å²) >= 11 is 0. The number of benzene rings is 1. The Balaban J connectivity index is 0.00000180. The van der Waals surface area contributed by atoms with Crippen molar-refractivity contribution in [2.24, 2.45) is 0 Å². The molecule has 0 saturated heterocycles. The fourth-order valence-corrected chi connectivity index (χ4v) is 2.88. The minimum Gasteiger partial charge on any atom is -0.384 e. The van der Waals surface area contributed by atoms with E-state index in [2.05, 4.69) is 28.4 Å². The van der Waals surface area contributed by atoms with Crippen LogP contribution >= 0.6 is 12.4 Å². The van der Waals surface area contributed by atoms with Crippen molar-refractivity contribution >= 4 is 27.9 Å². The minimum atomic E-state index is -2.88. The van der Waals surface area contributed by atoms with Crippen LogP contribution in [0.1, 0.15) is 11.1 Å². The molecule has 0 aromatic heterocycles. The van der Waals surface area contributed by atoms with Crippen molar-refractivity contribution in [2.45, 2.75) is 13.0 Å². The third kappa shape index (κ3) is 4.67. The molecule has 1 aromatic rings. The molecule has 0 aliphatic carbocycles. The van der Waals surface area contributed by atoms with E-state index in [4.69, 9.17) is 0 Å². The number of fused-ring (bicyclic) bond motifs is 1. The average Bonchev–Trinajstić information content (AvgIpc) is 2.74. The zero-order chi connectivity index (χ0) is 13.2. The number of rotatable bonds is 5. The van der Waals surface area contributed by atoms with E-state index in [0.29, 0.717) is 6.54 Å². The molecule has 0 amide bonds. The monoisotopic (exact) mass is 304 g/mol. The van der Waals surface area contributed by atoms with E-state index in [1.807, 2.05) is 7.05 Å². The largest absolute Gasteiger partial charge is 0.384 e. The predicted molar refractivity (Wildman–Crippen MR) is 81.9 cm³/mol. The number of para-hydroxylation sites is 1. The molecule has 0 bridgehead atoms. The highest BCUT2D eigenvalue weighted by Crippen LogP contribution is 2.27. The lowest BCUT2D eigenvalue weighted by molar-refractivity contribution is 0.347. The summed E-state index contributed by atoms with van der Waals surface area (Å²) in [5.41, 5.74) is 3.86. The van der Waals surface area contributed by atoms with Gasteiger partial charge in [0.05, 0.1) is 5.75 Å². The van der Waals surface area contributed by atoms with Crippen LogP contribution in [0.3, 0.4) is 0 Å². The van der Waals surface area contributed by atoms with Gasteiger partial charge in [0.1, 0.15) is 9.84 Å². The second-order valence-electron chi connectivity index (χ2n) is 5.00. The topological polar surface area (TPSA) is 49.4 Å². The van der Waals surface area contributed by atoms with Gasteiger partial charge in [-0.05, 0) is 24.6 Å². The van der Waals surface area contributed by atoms with Gasteiger partial charge < -0.3 is 10.2 Å². The zero-order valence-electron chi connectivity index (χ0n) is 11.3. The first-order valence-corrected chi connectivity index (χ1v) is 8.23. The molecule has 1 aromatic carbocycles. The maximum Gasteiger partial charge on any atom is 0.148 e. The molecule has 1 aliphatic rings. The Labute approximate surface area is 121 Å². The van der Waals surface area contributed by atoms with Gasteiger partial charge in [0, 0.05) is 31.6 Å².